The van der Waals surface area contributed by atoms with Crippen LogP contribution in [0.1, 0.15) is 25.3 Å². The van der Waals surface area contributed by atoms with Crippen LogP contribution in [0.3, 0.4) is 0 Å². The molecule has 0 bridgehead atoms. The average molecular weight is 387 g/mol. The lowest BCUT2D eigenvalue weighted by molar-refractivity contribution is -0.136. The van der Waals surface area contributed by atoms with Gasteiger partial charge in [-0.3, -0.25) is 4.79 Å². The van der Waals surface area contributed by atoms with E-state index < -0.39 is 5.97 Å². The van der Waals surface area contributed by atoms with Crippen LogP contribution in [-0.2, 0) is 19.1 Å². The minimum Gasteiger partial charge on any atom is -0.497 e. The Hall–Kier alpha value is -2.80. The number of carbonyl (C=O) groups excluding carboxylic acids is 2. The van der Waals surface area contributed by atoms with Gasteiger partial charge in [0.2, 0.25) is 0 Å². The second-order valence-electron chi connectivity index (χ2n) is 6.67. The van der Waals surface area contributed by atoms with Gasteiger partial charge in [0.15, 0.2) is 0 Å². The minimum absolute atomic E-state index is 0.0207. The lowest BCUT2D eigenvalue weighted by atomic mass is 10.0. The van der Waals surface area contributed by atoms with Crippen molar-refractivity contribution < 1.29 is 28.5 Å². The Balaban J connectivity index is 2.01. The fourth-order valence-corrected chi connectivity index (χ4v) is 3.53. The zero-order valence-electron chi connectivity index (χ0n) is 16.6. The van der Waals surface area contributed by atoms with Crippen LogP contribution in [0.2, 0.25) is 0 Å². The van der Waals surface area contributed by atoms with Gasteiger partial charge in [0.1, 0.15) is 11.5 Å². The number of amides is 1. The number of carbonyl (C=O) groups is 2. The molecular formula is C21H25NO6. The Bertz CT molecular complexity index is 835. The van der Waals surface area contributed by atoms with E-state index in [0.717, 1.165) is 12.8 Å². The normalized spacial score (nSPS) is 20.9. The average Bonchev–Trinajstić information content (AvgIpc) is 3.30. The molecule has 150 valence electrons. The molecule has 7 nitrogen and oxygen atoms in total. The number of methoxy groups -OCH3 is 3. The van der Waals surface area contributed by atoms with Crippen LogP contribution in [0, 0.1) is 0 Å². The Labute approximate surface area is 164 Å². The fraction of sp³-hybridized carbons (Fsp3) is 0.429. The second kappa shape index (κ2) is 8.48. The second-order valence-corrected chi connectivity index (χ2v) is 6.67. The summed E-state index contributed by atoms with van der Waals surface area (Å²) in [5.41, 5.74) is 1.79. The zero-order chi connectivity index (χ0) is 20.3. The van der Waals surface area contributed by atoms with E-state index in [1.54, 1.807) is 50.3 Å². The van der Waals surface area contributed by atoms with Gasteiger partial charge in [-0.25, -0.2) is 4.79 Å². The molecule has 2 aliphatic heterocycles. The summed E-state index contributed by atoms with van der Waals surface area (Å²) in [6.07, 6.45) is 3.51. The van der Waals surface area contributed by atoms with E-state index in [0.29, 0.717) is 35.9 Å². The summed E-state index contributed by atoms with van der Waals surface area (Å²) in [5, 5.41) is 0. The summed E-state index contributed by atoms with van der Waals surface area (Å²) < 4.78 is 21.2. The van der Waals surface area contributed by atoms with E-state index >= 15 is 0 Å². The summed E-state index contributed by atoms with van der Waals surface area (Å²) >= 11 is 0. The maximum atomic E-state index is 13.1. The number of hydrogen-bond donors (Lipinski definition) is 0. The van der Waals surface area contributed by atoms with Crippen molar-refractivity contribution >= 4 is 18.0 Å². The van der Waals surface area contributed by atoms with Crippen molar-refractivity contribution in [2.45, 2.75) is 25.9 Å². The van der Waals surface area contributed by atoms with Gasteiger partial charge < -0.3 is 23.8 Å². The topological polar surface area (TPSA) is 74.3 Å². The van der Waals surface area contributed by atoms with Gasteiger partial charge in [-0.2, -0.15) is 0 Å². The molecule has 28 heavy (non-hydrogen) atoms. The molecule has 0 radical (unpaired) electrons. The number of nitrogens with zero attached hydrogens (tertiary/aromatic N) is 1. The van der Waals surface area contributed by atoms with Crippen molar-refractivity contribution in [3.63, 3.8) is 0 Å². The highest BCUT2D eigenvalue weighted by atomic mass is 16.5. The molecule has 7 heteroatoms. The number of esters is 1. The molecule has 0 unspecified atom stereocenters. The van der Waals surface area contributed by atoms with Crippen molar-refractivity contribution in [1.29, 1.82) is 0 Å². The van der Waals surface area contributed by atoms with Gasteiger partial charge in [-0.05, 0) is 38.0 Å². The Morgan fingerprint density at radius 2 is 2.07 bits per heavy atom. The van der Waals surface area contributed by atoms with Gasteiger partial charge >= 0.3 is 5.97 Å². The zero-order valence-corrected chi connectivity index (χ0v) is 16.6. The molecule has 3 rings (SSSR count). The standard InChI is InChI=1S/C21H25NO6/c1-13-19(21(24)27-4)17(20(23)22(13)12-16-6-5-9-28-16)10-14-7-8-15(25-2)11-18(14)26-3/h7-8,10-11,16H,5-6,9,12H2,1-4H3/b17-10+/t16-/m1/s1. The van der Waals surface area contributed by atoms with E-state index in [4.69, 9.17) is 18.9 Å². The predicted molar refractivity (Wildman–Crippen MR) is 103 cm³/mol. The third-order valence-corrected chi connectivity index (χ3v) is 5.05. The van der Waals surface area contributed by atoms with Crippen LogP contribution >= 0.6 is 0 Å². The van der Waals surface area contributed by atoms with E-state index in [2.05, 4.69) is 0 Å². The van der Waals surface area contributed by atoms with Crippen LogP contribution < -0.4 is 9.47 Å². The van der Waals surface area contributed by atoms with Crippen LogP contribution in [0.4, 0.5) is 0 Å². The third kappa shape index (κ3) is 3.75. The molecule has 1 saturated heterocycles. The molecule has 2 aliphatic rings. The SMILES string of the molecule is COC(=O)C1=C(C)N(C[C@H]2CCCO2)C(=O)/C1=C/c1ccc(OC)cc1OC. The predicted octanol–water partition coefficient (Wildman–Crippen LogP) is 2.56. The van der Waals surface area contributed by atoms with Gasteiger partial charge in [-0.1, -0.05) is 0 Å². The van der Waals surface area contributed by atoms with Gasteiger partial charge in [0, 0.05) is 23.9 Å². The summed E-state index contributed by atoms with van der Waals surface area (Å²) in [4.78, 5) is 27.2. The van der Waals surface area contributed by atoms with Crippen LogP contribution in [0.25, 0.3) is 6.08 Å². The van der Waals surface area contributed by atoms with Crippen LogP contribution in [0.15, 0.2) is 35.0 Å². The molecule has 0 aromatic heterocycles. The summed E-state index contributed by atoms with van der Waals surface area (Å²) in [7, 11) is 4.42. The lowest BCUT2D eigenvalue weighted by Gasteiger charge is -2.21. The quantitative estimate of drug-likeness (QED) is 0.552. The maximum Gasteiger partial charge on any atom is 0.340 e. The van der Waals surface area contributed by atoms with E-state index in [-0.39, 0.29) is 23.2 Å². The summed E-state index contributed by atoms with van der Waals surface area (Å²) in [6, 6.07) is 5.28. The first kappa shape index (κ1) is 19.9. The molecule has 0 spiro atoms. The Kier molecular flexibility index (Phi) is 6.04. The molecule has 1 aromatic rings. The van der Waals surface area contributed by atoms with Crippen molar-refractivity contribution in [3.05, 3.63) is 40.6 Å². The molecular weight excluding hydrogens is 362 g/mol. The smallest absolute Gasteiger partial charge is 0.340 e. The molecule has 2 heterocycles. The fourth-order valence-electron chi connectivity index (χ4n) is 3.53. The third-order valence-electron chi connectivity index (χ3n) is 5.05. The highest BCUT2D eigenvalue weighted by Crippen LogP contribution is 2.35. The van der Waals surface area contributed by atoms with Crippen molar-refractivity contribution in [3.8, 4) is 11.5 Å². The summed E-state index contributed by atoms with van der Waals surface area (Å²) in [5.74, 6) is 0.390. The summed E-state index contributed by atoms with van der Waals surface area (Å²) in [6.45, 7) is 2.87. The van der Waals surface area contributed by atoms with Crippen LogP contribution in [-0.4, -0.2) is 57.4 Å². The minimum atomic E-state index is -0.542. The van der Waals surface area contributed by atoms with Gasteiger partial charge in [-0.15, -0.1) is 0 Å². The number of allylic oxidation sites excluding steroid dienone is 1. The molecule has 0 aliphatic carbocycles. The molecule has 0 N–H and O–H groups in total. The number of hydrogen-bond acceptors (Lipinski definition) is 6. The number of ether oxygens (including phenoxy) is 4. The molecule has 1 fully saturated rings. The first-order valence-corrected chi connectivity index (χ1v) is 9.17. The maximum absolute atomic E-state index is 13.1. The van der Waals surface area contributed by atoms with Gasteiger partial charge in [0.25, 0.3) is 5.91 Å². The number of benzene rings is 1. The highest BCUT2D eigenvalue weighted by molar-refractivity contribution is 6.16. The number of rotatable bonds is 6. The lowest BCUT2D eigenvalue weighted by Crippen LogP contribution is -2.33. The van der Waals surface area contributed by atoms with E-state index in [1.807, 2.05) is 0 Å². The first-order valence-electron chi connectivity index (χ1n) is 9.17. The monoisotopic (exact) mass is 387 g/mol. The Morgan fingerprint density at radius 3 is 2.68 bits per heavy atom. The van der Waals surface area contributed by atoms with Gasteiger partial charge in [0.05, 0.1) is 45.1 Å². The van der Waals surface area contributed by atoms with E-state index in [1.165, 1.54) is 7.11 Å². The Morgan fingerprint density at radius 1 is 1.29 bits per heavy atom. The van der Waals surface area contributed by atoms with Crippen molar-refractivity contribution in [2.75, 3.05) is 34.5 Å². The first-order chi connectivity index (χ1) is 13.5. The van der Waals surface area contributed by atoms with Crippen LogP contribution in [0.5, 0.6) is 11.5 Å². The van der Waals surface area contributed by atoms with Crippen molar-refractivity contribution in [1.82, 2.24) is 4.90 Å². The highest BCUT2D eigenvalue weighted by Gasteiger charge is 2.38. The molecule has 1 aromatic carbocycles. The molecule has 0 saturated carbocycles. The van der Waals surface area contributed by atoms with E-state index in [9.17, 15) is 9.59 Å². The molecule has 1 atom stereocenters. The van der Waals surface area contributed by atoms with Crippen molar-refractivity contribution in [2.24, 2.45) is 0 Å². The molecule has 1 amide bonds. The largest absolute Gasteiger partial charge is 0.497 e.